The average molecular weight is 506 g/mol. The summed E-state index contributed by atoms with van der Waals surface area (Å²) in [4.78, 5) is 18.0. The van der Waals surface area contributed by atoms with Crippen molar-refractivity contribution in [3.8, 4) is 22.7 Å². The van der Waals surface area contributed by atoms with E-state index in [0.29, 0.717) is 18.1 Å². The quantitative estimate of drug-likeness (QED) is 0.325. The van der Waals surface area contributed by atoms with Gasteiger partial charge in [0.2, 0.25) is 0 Å². The Hall–Kier alpha value is -4.99. The van der Waals surface area contributed by atoms with Gasteiger partial charge in [-0.05, 0) is 36.8 Å². The molecule has 38 heavy (non-hydrogen) atoms. The molecule has 0 aliphatic rings. The first-order valence-electron chi connectivity index (χ1n) is 12.3. The van der Waals surface area contributed by atoms with Crippen molar-refractivity contribution in [3.63, 3.8) is 0 Å². The van der Waals surface area contributed by atoms with E-state index < -0.39 is 0 Å². The standard InChI is InChI=1S/C28H27N9O/c1-4-18-10-24(30-2)21-6-5-20(11-25(21)34-18)38-15-17-9-19(13-31-12-17)37-14-22(23-7-8-36(3)35-23)26-27(29)32-16-33-28(26)37/h5-14,16H,4,15H2,1-3H3,(H,30,34)(H2,29,32,33). The number of aryl methyl sites for hydroxylation is 2. The fraction of sp³-hybridized carbons (Fsp3) is 0.179. The maximum absolute atomic E-state index is 6.27. The molecule has 0 aliphatic heterocycles. The summed E-state index contributed by atoms with van der Waals surface area (Å²) in [5.74, 6) is 1.15. The van der Waals surface area contributed by atoms with E-state index in [9.17, 15) is 0 Å². The second kappa shape index (κ2) is 9.47. The fourth-order valence-electron chi connectivity index (χ4n) is 4.63. The summed E-state index contributed by atoms with van der Waals surface area (Å²) in [5.41, 5.74) is 13.3. The molecule has 3 N–H and O–H groups in total. The number of nitrogens with one attached hydrogen (secondary N) is 1. The van der Waals surface area contributed by atoms with Crippen LogP contribution < -0.4 is 15.8 Å². The van der Waals surface area contributed by atoms with E-state index in [1.807, 2.05) is 61.4 Å². The molecule has 6 aromatic rings. The number of aromatic nitrogens is 7. The van der Waals surface area contributed by atoms with Crippen molar-refractivity contribution in [2.24, 2.45) is 7.05 Å². The molecule has 0 bridgehead atoms. The van der Waals surface area contributed by atoms with Gasteiger partial charge in [0.1, 0.15) is 24.5 Å². The summed E-state index contributed by atoms with van der Waals surface area (Å²) in [6.07, 6.45) is 9.78. The smallest absolute Gasteiger partial charge is 0.150 e. The maximum atomic E-state index is 6.27. The zero-order valence-electron chi connectivity index (χ0n) is 21.4. The molecular weight excluding hydrogens is 478 g/mol. The summed E-state index contributed by atoms with van der Waals surface area (Å²) in [7, 11) is 3.80. The predicted octanol–water partition coefficient (Wildman–Crippen LogP) is 4.53. The number of fused-ring (bicyclic) bond motifs is 2. The van der Waals surface area contributed by atoms with Crippen LogP contribution in [0.15, 0.2) is 67.5 Å². The molecule has 5 heterocycles. The Balaban J connectivity index is 1.32. The van der Waals surface area contributed by atoms with Gasteiger partial charge in [-0.2, -0.15) is 5.10 Å². The second-order valence-corrected chi connectivity index (χ2v) is 9.03. The lowest BCUT2D eigenvalue weighted by atomic mass is 10.1. The van der Waals surface area contributed by atoms with Crippen LogP contribution in [0.2, 0.25) is 0 Å². The van der Waals surface area contributed by atoms with Crippen LogP contribution in [0.25, 0.3) is 38.9 Å². The second-order valence-electron chi connectivity index (χ2n) is 9.03. The van der Waals surface area contributed by atoms with Gasteiger partial charge in [-0.15, -0.1) is 0 Å². The van der Waals surface area contributed by atoms with Crippen LogP contribution >= 0.6 is 0 Å². The lowest BCUT2D eigenvalue weighted by molar-refractivity contribution is 0.306. The molecule has 0 fully saturated rings. The lowest BCUT2D eigenvalue weighted by Crippen LogP contribution is -2.01. The topological polar surface area (TPSA) is 122 Å². The van der Waals surface area contributed by atoms with Crippen LogP contribution in [0, 0.1) is 0 Å². The Morgan fingerprint density at radius 2 is 1.97 bits per heavy atom. The van der Waals surface area contributed by atoms with Crippen LogP contribution in [-0.2, 0) is 20.1 Å². The number of ether oxygens (including phenoxy) is 1. The van der Waals surface area contributed by atoms with Gasteiger partial charge in [0.15, 0.2) is 5.65 Å². The molecule has 1 aromatic carbocycles. The SMILES string of the molecule is CCc1cc(NC)c2ccc(OCc3cncc(-n4cc(-c5ccn(C)n5)c5c(N)ncnc54)c3)cc2n1. The molecule has 5 aromatic heterocycles. The minimum absolute atomic E-state index is 0.349. The van der Waals surface area contributed by atoms with Gasteiger partial charge in [0.25, 0.3) is 0 Å². The molecule has 190 valence electrons. The molecular formula is C28H27N9O. The Labute approximate surface area is 219 Å². The van der Waals surface area contributed by atoms with Gasteiger partial charge in [-0.3, -0.25) is 19.2 Å². The van der Waals surface area contributed by atoms with Gasteiger partial charge in [-0.25, -0.2) is 9.97 Å². The number of rotatable bonds is 7. The molecule has 0 saturated heterocycles. The molecule has 6 rings (SSSR count). The highest BCUT2D eigenvalue weighted by molar-refractivity contribution is 6.00. The fourth-order valence-corrected chi connectivity index (χ4v) is 4.63. The van der Waals surface area contributed by atoms with Crippen molar-refractivity contribution in [2.45, 2.75) is 20.0 Å². The van der Waals surface area contributed by atoms with Gasteiger partial charge < -0.3 is 15.8 Å². The first-order valence-corrected chi connectivity index (χ1v) is 12.3. The van der Waals surface area contributed by atoms with Crippen LogP contribution in [0.3, 0.4) is 0 Å². The van der Waals surface area contributed by atoms with Crippen molar-refractivity contribution in [1.29, 1.82) is 0 Å². The third-order valence-electron chi connectivity index (χ3n) is 6.53. The lowest BCUT2D eigenvalue weighted by Gasteiger charge is -2.12. The van der Waals surface area contributed by atoms with Gasteiger partial charge >= 0.3 is 0 Å². The van der Waals surface area contributed by atoms with Crippen LogP contribution in [0.5, 0.6) is 5.75 Å². The third kappa shape index (κ3) is 4.15. The number of anilines is 2. The number of nitrogens with two attached hydrogens (primary N) is 1. The monoisotopic (exact) mass is 505 g/mol. The van der Waals surface area contributed by atoms with Crippen molar-refractivity contribution in [2.75, 3.05) is 18.1 Å². The molecule has 0 amide bonds. The van der Waals surface area contributed by atoms with E-state index in [1.54, 1.807) is 17.1 Å². The molecule has 0 atom stereocenters. The summed E-state index contributed by atoms with van der Waals surface area (Å²) < 4.78 is 9.86. The minimum Gasteiger partial charge on any atom is -0.489 e. The molecule has 0 unspecified atom stereocenters. The van der Waals surface area contributed by atoms with Crippen molar-refractivity contribution >= 4 is 33.4 Å². The van der Waals surface area contributed by atoms with E-state index in [4.69, 9.17) is 15.5 Å². The van der Waals surface area contributed by atoms with Crippen LogP contribution in [0.1, 0.15) is 18.2 Å². The average Bonchev–Trinajstić information content (AvgIpc) is 3.55. The number of nitrogen functional groups attached to an aromatic ring is 1. The largest absolute Gasteiger partial charge is 0.489 e. The zero-order valence-corrected chi connectivity index (χ0v) is 21.4. The number of hydrogen-bond acceptors (Lipinski definition) is 8. The number of pyridine rings is 2. The Morgan fingerprint density at radius 1 is 1.08 bits per heavy atom. The van der Waals surface area contributed by atoms with Crippen molar-refractivity contribution in [3.05, 3.63) is 78.8 Å². The van der Waals surface area contributed by atoms with Crippen LogP contribution in [0.4, 0.5) is 11.5 Å². The molecule has 10 nitrogen and oxygen atoms in total. The Kier molecular flexibility index (Phi) is 5.83. The van der Waals surface area contributed by atoms with E-state index in [1.165, 1.54) is 6.33 Å². The van der Waals surface area contributed by atoms with Gasteiger partial charge in [0, 0.05) is 66.6 Å². The maximum Gasteiger partial charge on any atom is 0.150 e. The normalized spacial score (nSPS) is 11.3. The van der Waals surface area contributed by atoms with Crippen LogP contribution in [-0.4, -0.2) is 41.3 Å². The highest BCUT2D eigenvalue weighted by Gasteiger charge is 2.18. The third-order valence-corrected chi connectivity index (χ3v) is 6.53. The van der Waals surface area contributed by atoms with Gasteiger partial charge in [0.05, 0.1) is 28.5 Å². The zero-order chi connectivity index (χ0) is 26.2. The molecule has 0 aliphatic carbocycles. The number of benzene rings is 1. The minimum atomic E-state index is 0.349. The first kappa shape index (κ1) is 23.4. The number of hydrogen-bond donors (Lipinski definition) is 2. The van der Waals surface area contributed by atoms with E-state index in [2.05, 4.69) is 38.4 Å². The first-order chi connectivity index (χ1) is 18.5. The summed E-state index contributed by atoms with van der Waals surface area (Å²) in [6, 6.07) is 12.0. The molecule has 0 spiro atoms. The Morgan fingerprint density at radius 3 is 2.76 bits per heavy atom. The van der Waals surface area contributed by atoms with Crippen molar-refractivity contribution < 1.29 is 4.74 Å². The predicted molar refractivity (Wildman–Crippen MR) is 148 cm³/mol. The Bertz CT molecular complexity index is 1790. The molecule has 0 radical (unpaired) electrons. The van der Waals surface area contributed by atoms with E-state index in [-0.39, 0.29) is 0 Å². The number of nitrogens with zero attached hydrogens (tertiary/aromatic N) is 7. The highest BCUT2D eigenvalue weighted by Crippen LogP contribution is 2.33. The van der Waals surface area contributed by atoms with Crippen molar-refractivity contribution in [1.82, 2.24) is 34.3 Å². The van der Waals surface area contributed by atoms with E-state index >= 15 is 0 Å². The molecule has 0 saturated carbocycles. The molecule has 10 heteroatoms. The summed E-state index contributed by atoms with van der Waals surface area (Å²) in [6.45, 7) is 2.45. The summed E-state index contributed by atoms with van der Waals surface area (Å²) >= 11 is 0. The summed E-state index contributed by atoms with van der Waals surface area (Å²) in [5, 5.41) is 9.62. The highest BCUT2D eigenvalue weighted by atomic mass is 16.5. The van der Waals surface area contributed by atoms with Gasteiger partial charge in [-0.1, -0.05) is 6.92 Å². The van der Waals surface area contributed by atoms with E-state index in [0.717, 1.165) is 62.3 Å².